The van der Waals surface area contributed by atoms with Gasteiger partial charge in [-0.15, -0.1) is 0 Å². The molecule has 0 aliphatic carbocycles. The summed E-state index contributed by atoms with van der Waals surface area (Å²) < 4.78 is 22.3. The first kappa shape index (κ1) is 19.0. The minimum Gasteiger partial charge on any atom is -0.374 e. The first-order chi connectivity index (χ1) is 10.3. The Balaban J connectivity index is 2.70. The topological polar surface area (TPSA) is 74.7 Å². The van der Waals surface area contributed by atoms with Crippen molar-refractivity contribution in [2.45, 2.75) is 32.0 Å². The number of hydrogen-bond acceptors (Lipinski definition) is 5. The van der Waals surface area contributed by atoms with Crippen molar-refractivity contribution in [1.29, 1.82) is 0 Å². The van der Waals surface area contributed by atoms with Gasteiger partial charge in [-0.1, -0.05) is 30.3 Å². The van der Waals surface area contributed by atoms with Gasteiger partial charge in [0, 0.05) is 19.2 Å². The molecule has 1 rings (SSSR count). The van der Waals surface area contributed by atoms with E-state index in [1.165, 1.54) is 4.90 Å². The van der Waals surface area contributed by atoms with Crippen LogP contribution in [-0.2, 0) is 21.2 Å². The molecular weight excluding hydrogens is 322 g/mol. The molecule has 5 nitrogen and oxygen atoms in total. The molecule has 0 spiro atoms. The van der Waals surface area contributed by atoms with Crippen LogP contribution >= 0.6 is 12.6 Å². The molecule has 22 heavy (non-hydrogen) atoms. The molecule has 0 saturated heterocycles. The number of carbonyl (C=O) groups excluding carboxylic acids is 1. The van der Waals surface area contributed by atoms with Gasteiger partial charge in [-0.25, -0.2) is 8.42 Å². The molecule has 0 fully saturated rings. The maximum absolute atomic E-state index is 12.1. The summed E-state index contributed by atoms with van der Waals surface area (Å²) in [5.41, 5.74) is 0.914. The highest BCUT2D eigenvalue weighted by molar-refractivity contribution is 7.90. The highest BCUT2D eigenvalue weighted by Crippen LogP contribution is 2.13. The molecule has 1 unspecified atom stereocenters. The number of aliphatic hydroxyl groups excluding tert-OH is 1. The summed E-state index contributed by atoms with van der Waals surface area (Å²) in [7, 11) is -3.06. The highest BCUT2D eigenvalue weighted by Gasteiger charge is 2.21. The maximum Gasteiger partial charge on any atom is 0.225 e. The van der Waals surface area contributed by atoms with Gasteiger partial charge >= 0.3 is 0 Å². The number of thiol groups is 1. The fourth-order valence-corrected chi connectivity index (χ4v) is 2.95. The Morgan fingerprint density at radius 1 is 1.32 bits per heavy atom. The molecule has 1 N–H and O–H groups in total. The lowest BCUT2D eigenvalue weighted by atomic mass is 10.2. The van der Waals surface area contributed by atoms with E-state index in [-0.39, 0.29) is 24.5 Å². The molecule has 1 amide bonds. The lowest BCUT2D eigenvalue weighted by Gasteiger charge is -2.28. The van der Waals surface area contributed by atoms with E-state index in [1.54, 1.807) is 0 Å². The minimum atomic E-state index is -3.06. The largest absolute Gasteiger partial charge is 0.374 e. The molecule has 0 bridgehead atoms. The summed E-state index contributed by atoms with van der Waals surface area (Å²) in [6, 6.07) is 9.37. The van der Waals surface area contributed by atoms with Crippen LogP contribution in [0.1, 0.15) is 24.8 Å². The molecular formula is C15H23NO4S2. The number of sulfone groups is 1. The van der Waals surface area contributed by atoms with Gasteiger partial charge in [0.15, 0.2) is 0 Å². The van der Waals surface area contributed by atoms with Gasteiger partial charge in [0.2, 0.25) is 5.91 Å². The average molecular weight is 345 g/mol. The number of nitrogens with zero attached hydrogens (tertiary/aromatic N) is 1. The zero-order valence-corrected chi connectivity index (χ0v) is 14.4. The monoisotopic (exact) mass is 345 g/mol. The van der Waals surface area contributed by atoms with Crippen molar-refractivity contribution in [2.75, 3.05) is 17.8 Å². The lowest BCUT2D eigenvalue weighted by molar-refractivity contribution is -0.142. The number of hydrogen-bond donors (Lipinski definition) is 2. The second-order valence-electron chi connectivity index (χ2n) is 5.23. The Bertz CT molecular complexity index is 560. The molecule has 7 heteroatoms. The highest BCUT2D eigenvalue weighted by atomic mass is 32.2. The number of benzene rings is 1. The summed E-state index contributed by atoms with van der Waals surface area (Å²) in [5.74, 6) is 0.218. The van der Waals surface area contributed by atoms with Gasteiger partial charge in [-0.05, 0) is 24.2 Å². The lowest BCUT2D eigenvalue weighted by Crippen LogP contribution is -2.40. The maximum atomic E-state index is 12.1. The van der Waals surface area contributed by atoms with Gasteiger partial charge in [0.1, 0.15) is 16.1 Å². The second kappa shape index (κ2) is 9.17. The molecule has 0 saturated carbocycles. The van der Waals surface area contributed by atoms with E-state index in [1.807, 2.05) is 30.3 Å². The molecule has 0 heterocycles. The van der Waals surface area contributed by atoms with Gasteiger partial charge in [-0.3, -0.25) is 4.79 Å². The van der Waals surface area contributed by atoms with Crippen LogP contribution in [0, 0.1) is 0 Å². The number of amides is 1. The predicted molar refractivity (Wildman–Crippen MR) is 90.4 cm³/mol. The van der Waals surface area contributed by atoms with E-state index in [4.69, 9.17) is 0 Å². The van der Waals surface area contributed by atoms with E-state index >= 15 is 0 Å². The van der Waals surface area contributed by atoms with Crippen molar-refractivity contribution in [1.82, 2.24) is 4.90 Å². The van der Waals surface area contributed by atoms with Crippen molar-refractivity contribution < 1.29 is 18.3 Å². The zero-order valence-electron chi connectivity index (χ0n) is 12.7. The summed E-state index contributed by atoms with van der Waals surface area (Å²) in [6.07, 6.45) is 0.957. The van der Waals surface area contributed by atoms with Crippen molar-refractivity contribution in [2.24, 2.45) is 0 Å². The van der Waals surface area contributed by atoms with Crippen LogP contribution in [0.15, 0.2) is 30.3 Å². The van der Waals surface area contributed by atoms with Gasteiger partial charge in [0.25, 0.3) is 0 Å². The number of rotatable bonds is 9. The van der Waals surface area contributed by atoms with Crippen molar-refractivity contribution in [3.8, 4) is 0 Å². The van der Waals surface area contributed by atoms with Crippen LogP contribution < -0.4 is 0 Å². The summed E-state index contributed by atoms with van der Waals surface area (Å²) in [4.78, 5) is 13.5. The van der Waals surface area contributed by atoms with Gasteiger partial charge < -0.3 is 10.0 Å². The molecule has 1 atom stereocenters. The van der Waals surface area contributed by atoms with Gasteiger partial charge in [-0.2, -0.15) is 12.6 Å². The molecule has 0 aliphatic heterocycles. The quantitative estimate of drug-likeness (QED) is 0.525. The third-order valence-corrected chi connectivity index (χ3v) is 4.43. The summed E-state index contributed by atoms with van der Waals surface area (Å²) in [5, 5.41) is 10.2. The molecule has 0 aromatic heterocycles. The van der Waals surface area contributed by atoms with Crippen molar-refractivity contribution in [3.63, 3.8) is 0 Å². The SMILES string of the molecule is CS(=O)(=O)CCCC(O)N(Cc1ccccc1)C(=O)CCS. The molecule has 0 radical (unpaired) electrons. The zero-order chi connectivity index (χ0) is 16.6. The van der Waals surface area contributed by atoms with Gasteiger partial charge in [0.05, 0.1) is 5.75 Å². The molecule has 124 valence electrons. The van der Waals surface area contributed by atoms with Crippen LogP contribution in [0.5, 0.6) is 0 Å². The Labute approximate surface area is 137 Å². The normalized spacial score (nSPS) is 12.9. The van der Waals surface area contributed by atoms with E-state index in [0.717, 1.165) is 11.8 Å². The van der Waals surface area contributed by atoms with Crippen LogP contribution in [0.2, 0.25) is 0 Å². The van der Waals surface area contributed by atoms with Crippen LogP contribution in [0.3, 0.4) is 0 Å². The molecule has 0 aliphatic rings. The number of aliphatic hydroxyl groups is 1. The predicted octanol–water partition coefficient (Wildman–Crippen LogP) is 1.48. The minimum absolute atomic E-state index is 0.00396. The third kappa shape index (κ3) is 7.29. The van der Waals surface area contributed by atoms with E-state index in [0.29, 0.717) is 18.7 Å². The Kier molecular flexibility index (Phi) is 7.92. The first-order valence-electron chi connectivity index (χ1n) is 7.13. The molecule has 1 aromatic rings. The Hall–Kier alpha value is -1.05. The van der Waals surface area contributed by atoms with E-state index in [9.17, 15) is 18.3 Å². The number of carbonyl (C=O) groups is 1. The summed E-state index contributed by atoms with van der Waals surface area (Å²) >= 11 is 4.05. The van der Waals surface area contributed by atoms with E-state index in [2.05, 4.69) is 12.6 Å². The first-order valence-corrected chi connectivity index (χ1v) is 9.83. The van der Waals surface area contributed by atoms with E-state index < -0.39 is 16.1 Å². The van der Waals surface area contributed by atoms with Crippen LogP contribution in [0.25, 0.3) is 0 Å². The van der Waals surface area contributed by atoms with Crippen LogP contribution in [-0.4, -0.2) is 48.3 Å². The molecule has 1 aromatic carbocycles. The Morgan fingerprint density at radius 3 is 2.50 bits per heavy atom. The smallest absolute Gasteiger partial charge is 0.225 e. The third-order valence-electron chi connectivity index (χ3n) is 3.18. The average Bonchev–Trinajstić information content (AvgIpc) is 2.44. The summed E-state index contributed by atoms with van der Waals surface area (Å²) in [6.45, 7) is 0.299. The standard InChI is InChI=1S/C15H23NO4S2/c1-22(19,20)11-5-8-14(17)16(15(18)9-10-21)12-13-6-3-2-4-7-13/h2-4,6-7,14,17,21H,5,8-12H2,1H3. The second-order valence-corrected chi connectivity index (χ2v) is 7.94. The van der Waals surface area contributed by atoms with Crippen molar-refractivity contribution >= 4 is 28.4 Å². The fraction of sp³-hybridized carbons (Fsp3) is 0.533. The van der Waals surface area contributed by atoms with Crippen molar-refractivity contribution in [3.05, 3.63) is 35.9 Å². The Morgan fingerprint density at radius 2 is 1.95 bits per heavy atom. The fourth-order valence-electron chi connectivity index (χ4n) is 2.06. The van der Waals surface area contributed by atoms with Crippen LogP contribution in [0.4, 0.5) is 0 Å².